The van der Waals surface area contributed by atoms with Gasteiger partial charge in [-0.1, -0.05) is 6.92 Å². The molecule has 0 aliphatic carbocycles. The summed E-state index contributed by atoms with van der Waals surface area (Å²) in [6, 6.07) is -0.391. The molecule has 7 nitrogen and oxygen atoms in total. The Labute approximate surface area is 158 Å². The fraction of sp³-hybridized carbons (Fsp3) is 0.895. The monoisotopic (exact) mass is 368 g/mol. The summed E-state index contributed by atoms with van der Waals surface area (Å²) >= 11 is 0. The number of nitrogens with one attached hydrogen (secondary N) is 1. The van der Waals surface area contributed by atoms with E-state index < -0.39 is 11.6 Å². The van der Waals surface area contributed by atoms with E-state index in [0.717, 1.165) is 52.1 Å². The molecule has 0 bridgehead atoms. The normalized spacial score (nSPS) is 22.5. The highest BCUT2D eigenvalue weighted by Crippen LogP contribution is 2.21. The lowest BCUT2D eigenvalue weighted by atomic mass is 10.2. The molecule has 2 saturated heterocycles. The highest BCUT2D eigenvalue weighted by molar-refractivity contribution is 5.86. The Morgan fingerprint density at radius 3 is 2.35 bits per heavy atom. The molecule has 0 spiro atoms. The molecule has 2 aliphatic rings. The molecule has 2 aliphatic heterocycles. The molecule has 2 amide bonds. The van der Waals surface area contributed by atoms with Gasteiger partial charge in [-0.05, 0) is 53.1 Å². The molecular formula is C19H36N4O3. The van der Waals surface area contributed by atoms with Crippen LogP contribution in [-0.2, 0) is 9.53 Å². The first kappa shape index (κ1) is 21.0. The van der Waals surface area contributed by atoms with Crippen molar-refractivity contribution in [2.75, 3.05) is 52.4 Å². The minimum atomic E-state index is -0.539. The van der Waals surface area contributed by atoms with Crippen LogP contribution in [0.4, 0.5) is 4.79 Å². The van der Waals surface area contributed by atoms with E-state index >= 15 is 0 Å². The number of likely N-dealkylation sites (tertiary alicyclic amines) is 1. The Morgan fingerprint density at radius 2 is 1.73 bits per heavy atom. The van der Waals surface area contributed by atoms with Crippen molar-refractivity contribution in [2.45, 2.75) is 58.6 Å². The molecule has 7 heteroatoms. The van der Waals surface area contributed by atoms with Crippen LogP contribution in [0.15, 0.2) is 0 Å². The second-order valence-electron chi connectivity index (χ2n) is 8.25. The molecule has 0 radical (unpaired) electrons. The van der Waals surface area contributed by atoms with Gasteiger partial charge < -0.3 is 19.9 Å². The topological polar surface area (TPSA) is 65.1 Å². The minimum absolute atomic E-state index is 0.0517. The highest BCUT2D eigenvalue weighted by atomic mass is 16.6. The lowest BCUT2D eigenvalue weighted by molar-refractivity contribution is -0.125. The number of hydrogen-bond donors (Lipinski definition) is 1. The van der Waals surface area contributed by atoms with Crippen molar-refractivity contribution >= 4 is 12.0 Å². The average molecular weight is 369 g/mol. The first-order valence-electron chi connectivity index (χ1n) is 10.0. The maximum absolute atomic E-state index is 12.5. The zero-order valence-corrected chi connectivity index (χ0v) is 16.9. The summed E-state index contributed by atoms with van der Waals surface area (Å²) in [5, 5.41) is 3.01. The third kappa shape index (κ3) is 6.43. The molecule has 1 N–H and O–H groups in total. The van der Waals surface area contributed by atoms with Crippen LogP contribution in [0.2, 0.25) is 0 Å². The standard InChI is InChI=1S/C19H36N4O3/c1-5-21-12-14-22(15-13-21)10-7-9-20-17(24)16-8-6-11-23(16)18(25)26-19(2,3)4/h16H,5-15H2,1-4H3,(H,20,24)/t16-/m0/s1. The smallest absolute Gasteiger partial charge is 0.410 e. The van der Waals surface area contributed by atoms with E-state index in [-0.39, 0.29) is 12.0 Å². The first-order chi connectivity index (χ1) is 12.3. The van der Waals surface area contributed by atoms with E-state index in [2.05, 4.69) is 22.0 Å². The van der Waals surface area contributed by atoms with Gasteiger partial charge in [0.25, 0.3) is 0 Å². The van der Waals surface area contributed by atoms with Gasteiger partial charge in [0.2, 0.25) is 5.91 Å². The van der Waals surface area contributed by atoms with Gasteiger partial charge in [0.15, 0.2) is 0 Å². The highest BCUT2D eigenvalue weighted by Gasteiger charge is 2.36. The maximum atomic E-state index is 12.5. The predicted octanol–water partition coefficient (Wildman–Crippen LogP) is 1.53. The largest absolute Gasteiger partial charge is 0.444 e. The fourth-order valence-corrected chi connectivity index (χ4v) is 3.54. The zero-order chi connectivity index (χ0) is 19.2. The minimum Gasteiger partial charge on any atom is -0.444 e. The number of likely N-dealkylation sites (N-methyl/N-ethyl adjacent to an activating group) is 1. The number of amides is 2. The number of carbonyl (C=O) groups excluding carboxylic acids is 2. The van der Waals surface area contributed by atoms with Gasteiger partial charge in [-0.15, -0.1) is 0 Å². The molecule has 150 valence electrons. The molecule has 2 fully saturated rings. The summed E-state index contributed by atoms with van der Waals surface area (Å²) in [6.45, 7) is 15.6. The van der Waals surface area contributed by atoms with Crippen LogP contribution in [-0.4, -0.2) is 90.7 Å². The molecule has 0 aromatic heterocycles. The quantitative estimate of drug-likeness (QED) is 0.721. The Balaban J connectivity index is 1.68. The Kier molecular flexibility index (Phi) is 7.70. The molecule has 0 saturated carbocycles. The molecular weight excluding hydrogens is 332 g/mol. The molecule has 26 heavy (non-hydrogen) atoms. The third-order valence-electron chi connectivity index (χ3n) is 5.05. The van der Waals surface area contributed by atoms with Gasteiger partial charge in [0.05, 0.1) is 0 Å². The van der Waals surface area contributed by atoms with Crippen molar-refractivity contribution in [2.24, 2.45) is 0 Å². The van der Waals surface area contributed by atoms with Crippen molar-refractivity contribution in [3.8, 4) is 0 Å². The van der Waals surface area contributed by atoms with Crippen LogP contribution in [0.3, 0.4) is 0 Å². The van der Waals surface area contributed by atoms with Crippen molar-refractivity contribution in [3.05, 3.63) is 0 Å². The van der Waals surface area contributed by atoms with Crippen molar-refractivity contribution in [1.82, 2.24) is 20.0 Å². The van der Waals surface area contributed by atoms with Gasteiger partial charge in [0, 0.05) is 39.3 Å². The molecule has 2 rings (SSSR count). The number of nitrogens with zero attached hydrogens (tertiary/aromatic N) is 3. The number of rotatable bonds is 6. The van der Waals surface area contributed by atoms with Crippen molar-refractivity contribution < 1.29 is 14.3 Å². The Bertz CT molecular complexity index is 470. The Morgan fingerprint density at radius 1 is 1.08 bits per heavy atom. The summed E-state index contributed by atoms with van der Waals surface area (Å²) in [5.74, 6) is -0.0517. The SMILES string of the molecule is CCN1CCN(CCCNC(=O)[C@@H]2CCCN2C(=O)OC(C)(C)C)CC1. The summed E-state index contributed by atoms with van der Waals surface area (Å²) in [6.07, 6.45) is 2.11. The first-order valence-corrected chi connectivity index (χ1v) is 10.0. The van der Waals surface area contributed by atoms with Crippen LogP contribution < -0.4 is 5.32 Å². The van der Waals surface area contributed by atoms with Gasteiger partial charge in [-0.3, -0.25) is 9.69 Å². The number of piperazine rings is 1. The molecule has 0 aromatic carbocycles. The van der Waals surface area contributed by atoms with Crippen LogP contribution >= 0.6 is 0 Å². The van der Waals surface area contributed by atoms with Crippen LogP contribution in [0.25, 0.3) is 0 Å². The van der Waals surface area contributed by atoms with Gasteiger partial charge in [0.1, 0.15) is 11.6 Å². The molecule has 0 aromatic rings. The third-order valence-corrected chi connectivity index (χ3v) is 5.05. The van der Waals surface area contributed by atoms with Crippen molar-refractivity contribution in [3.63, 3.8) is 0 Å². The van der Waals surface area contributed by atoms with Gasteiger partial charge >= 0.3 is 6.09 Å². The van der Waals surface area contributed by atoms with Crippen LogP contribution in [0.1, 0.15) is 47.0 Å². The lowest BCUT2D eigenvalue weighted by Crippen LogP contribution is -2.48. The van der Waals surface area contributed by atoms with Crippen molar-refractivity contribution in [1.29, 1.82) is 0 Å². The predicted molar refractivity (Wildman–Crippen MR) is 102 cm³/mol. The molecule has 0 unspecified atom stereocenters. The second-order valence-corrected chi connectivity index (χ2v) is 8.25. The average Bonchev–Trinajstić information content (AvgIpc) is 3.07. The Hall–Kier alpha value is -1.34. The summed E-state index contributed by atoms with van der Waals surface area (Å²) in [4.78, 5) is 31.2. The summed E-state index contributed by atoms with van der Waals surface area (Å²) in [5.41, 5.74) is -0.539. The molecule has 2 heterocycles. The second kappa shape index (κ2) is 9.55. The van der Waals surface area contributed by atoms with Gasteiger partial charge in [-0.25, -0.2) is 4.79 Å². The van der Waals surface area contributed by atoms with Crippen LogP contribution in [0.5, 0.6) is 0 Å². The van der Waals surface area contributed by atoms with Gasteiger partial charge in [-0.2, -0.15) is 0 Å². The zero-order valence-electron chi connectivity index (χ0n) is 16.9. The van der Waals surface area contributed by atoms with Crippen LogP contribution in [0, 0.1) is 0 Å². The number of ether oxygens (including phenoxy) is 1. The number of hydrogen-bond acceptors (Lipinski definition) is 5. The van der Waals surface area contributed by atoms with E-state index in [4.69, 9.17) is 4.74 Å². The molecule has 1 atom stereocenters. The van der Waals surface area contributed by atoms with E-state index in [1.807, 2.05) is 20.8 Å². The summed E-state index contributed by atoms with van der Waals surface area (Å²) in [7, 11) is 0. The van der Waals surface area contributed by atoms with E-state index in [1.165, 1.54) is 0 Å². The van der Waals surface area contributed by atoms with E-state index in [0.29, 0.717) is 19.5 Å². The number of carbonyl (C=O) groups is 2. The maximum Gasteiger partial charge on any atom is 0.410 e. The fourth-order valence-electron chi connectivity index (χ4n) is 3.54. The van der Waals surface area contributed by atoms with E-state index in [9.17, 15) is 9.59 Å². The lowest BCUT2D eigenvalue weighted by Gasteiger charge is -2.34. The van der Waals surface area contributed by atoms with E-state index in [1.54, 1.807) is 4.90 Å². The summed E-state index contributed by atoms with van der Waals surface area (Å²) < 4.78 is 5.42.